The molecule has 9 nitrogen and oxygen atoms in total. The lowest BCUT2D eigenvalue weighted by Gasteiger charge is -2.34. The number of hydrogen-bond donors (Lipinski definition) is 0. The number of piperazine rings is 1. The molecule has 0 spiro atoms. The van der Waals surface area contributed by atoms with Crippen molar-refractivity contribution in [2.45, 2.75) is 0 Å². The predicted octanol–water partition coefficient (Wildman–Crippen LogP) is 2.40. The summed E-state index contributed by atoms with van der Waals surface area (Å²) in [6.07, 6.45) is 5.23. The zero-order chi connectivity index (χ0) is 22.1. The Balaban J connectivity index is 1.47. The molecule has 5 rings (SSSR count). The Hall–Kier alpha value is -4.01. The van der Waals surface area contributed by atoms with Gasteiger partial charge in [0.15, 0.2) is 5.65 Å². The zero-order valence-corrected chi connectivity index (χ0v) is 18.0. The minimum absolute atomic E-state index is 0.0992. The summed E-state index contributed by atoms with van der Waals surface area (Å²) < 4.78 is 7.26. The average molecular weight is 429 g/mol. The smallest absolute Gasteiger partial charge is 0.272 e. The van der Waals surface area contributed by atoms with Gasteiger partial charge in [0.1, 0.15) is 11.4 Å². The average Bonchev–Trinajstić information content (AvgIpc) is 3.24. The van der Waals surface area contributed by atoms with Gasteiger partial charge in [-0.2, -0.15) is 5.10 Å². The maximum absolute atomic E-state index is 13.4. The van der Waals surface area contributed by atoms with Crippen molar-refractivity contribution in [2.24, 2.45) is 7.05 Å². The van der Waals surface area contributed by atoms with Crippen LogP contribution in [0.4, 0.5) is 5.95 Å². The van der Waals surface area contributed by atoms with Crippen molar-refractivity contribution in [1.29, 1.82) is 0 Å². The van der Waals surface area contributed by atoms with Gasteiger partial charge in [0.2, 0.25) is 5.95 Å². The van der Waals surface area contributed by atoms with Crippen LogP contribution >= 0.6 is 0 Å². The Bertz CT molecular complexity index is 1260. The molecular weight excluding hydrogens is 406 g/mol. The molecule has 4 heterocycles. The molecule has 1 amide bonds. The minimum atomic E-state index is -0.0992. The van der Waals surface area contributed by atoms with E-state index in [9.17, 15) is 4.79 Å². The number of para-hydroxylation sites is 1. The first-order valence-corrected chi connectivity index (χ1v) is 10.4. The van der Waals surface area contributed by atoms with Crippen LogP contribution in [0.25, 0.3) is 22.2 Å². The van der Waals surface area contributed by atoms with E-state index in [2.05, 4.69) is 25.0 Å². The fourth-order valence-corrected chi connectivity index (χ4v) is 4.04. The highest BCUT2D eigenvalue weighted by Gasteiger charge is 2.26. The monoisotopic (exact) mass is 429 g/mol. The Morgan fingerprint density at radius 2 is 1.75 bits per heavy atom. The van der Waals surface area contributed by atoms with Gasteiger partial charge in [0.25, 0.3) is 5.91 Å². The summed E-state index contributed by atoms with van der Waals surface area (Å²) in [5.41, 5.74) is 2.83. The van der Waals surface area contributed by atoms with Crippen molar-refractivity contribution in [3.8, 4) is 16.9 Å². The summed E-state index contributed by atoms with van der Waals surface area (Å²) in [6, 6.07) is 11.4. The summed E-state index contributed by atoms with van der Waals surface area (Å²) in [6.45, 7) is 2.49. The Kier molecular flexibility index (Phi) is 5.14. The lowest BCUT2D eigenvalue weighted by Crippen LogP contribution is -2.49. The van der Waals surface area contributed by atoms with Crippen LogP contribution in [-0.2, 0) is 7.05 Å². The lowest BCUT2D eigenvalue weighted by atomic mass is 10.0. The molecule has 0 N–H and O–H groups in total. The number of rotatable bonds is 4. The van der Waals surface area contributed by atoms with Gasteiger partial charge in [-0.15, -0.1) is 0 Å². The van der Waals surface area contributed by atoms with Gasteiger partial charge < -0.3 is 14.5 Å². The van der Waals surface area contributed by atoms with Gasteiger partial charge in [-0.1, -0.05) is 18.2 Å². The summed E-state index contributed by atoms with van der Waals surface area (Å²) >= 11 is 0. The number of fused-ring (bicyclic) bond motifs is 1. The van der Waals surface area contributed by atoms with Crippen molar-refractivity contribution >= 4 is 22.9 Å². The summed E-state index contributed by atoms with van der Waals surface area (Å²) in [7, 11) is 3.47. The van der Waals surface area contributed by atoms with E-state index in [4.69, 9.17) is 4.74 Å². The first-order valence-electron chi connectivity index (χ1n) is 10.4. The standard InChI is InChI=1S/C23H23N7O2/c1-28-21-18(15-26-28)17(16-6-3-4-7-20(16)32-2)14-19(27-21)22(31)29-10-12-30(13-11-29)23-24-8-5-9-25-23/h3-9,14-15H,10-13H2,1-2H3. The van der Waals surface area contributed by atoms with Crippen LogP contribution in [0.1, 0.15) is 10.5 Å². The van der Waals surface area contributed by atoms with Crippen molar-refractivity contribution < 1.29 is 9.53 Å². The van der Waals surface area contributed by atoms with Crippen LogP contribution in [0.15, 0.2) is 55.0 Å². The van der Waals surface area contributed by atoms with E-state index in [1.807, 2.05) is 42.3 Å². The molecule has 9 heteroatoms. The van der Waals surface area contributed by atoms with E-state index in [1.54, 1.807) is 36.4 Å². The number of ether oxygens (including phenoxy) is 1. The van der Waals surface area contributed by atoms with Crippen LogP contribution in [0.2, 0.25) is 0 Å². The summed E-state index contributed by atoms with van der Waals surface area (Å²) in [5, 5.41) is 5.24. The number of nitrogens with zero attached hydrogens (tertiary/aromatic N) is 7. The highest BCUT2D eigenvalue weighted by atomic mass is 16.5. The largest absolute Gasteiger partial charge is 0.496 e. The van der Waals surface area contributed by atoms with Gasteiger partial charge in [0, 0.05) is 62.1 Å². The normalized spacial score (nSPS) is 14.1. The maximum atomic E-state index is 13.4. The molecule has 162 valence electrons. The molecule has 0 bridgehead atoms. The number of aromatic nitrogens is 5. The van der Waals surface area contributed by atoms with Gasteiger partial charge in [-0.05, 0) is 18.2 Å². The molecule has 1 saturated heterocycles. The first kappa shape index (κ1) is 19.9. The highest BCUT2D eigenvalue weighted by Crippen LogP contribution is 2.35. The number of pyridine rings is 1. The molecule has 1 aliphatic rings. The van der Waals surface area contributed by atoms with Crippen molar-refractivity contribution in [2.75, 3.05) is 38.2 Å². The second-order valence-corrected chi connectivity index (χ2v) is 7.59. The van der Waals surface area contributed by atoms with Crippen molar-refractivity contribution in [3.05, 3.63) is 60.7 Å². The Morgan fingerprint density at radius 3 is 2.50 bits per heavy atom. The highest BCUT2D eigenvalue weighted by molar-refractivity contribution is 6.01. The molecule has 4 aromatic rings. The third-order valence-corrected chi connectivity index (χ3v) is 5.72. The third-order valence-electron chi connectivity index (χ3n) is 5.72. The molecule has 0 aliphatic carbocycles. The van der Waals surface area contributed by atoms with E-state index >= 15 is 0 Å². The molecule has 0 atom stereocenters. The van der Waals surface area contributed by atoms with Gasteiger partial charge >= 0.3 is 0 Å². The summed E-state index contributed by atoms with van der Waals surface area (Å²) in [4.78, 5) is 30.6. The van der Waals surface area contributed by atoms with E-state index in [0.29, 0.717) is 43.5 Å². The van der Waals surface area contributed by atoms with Gasteiger partial charge in [-0.25, -0.2) is 15.0 Å². The van der Waals surface area contributed by atoms with Crippen LogP contribution in [0.5, 0.6) is 5.75 Å². The quantitative estimate of drug-likeness (QED) is 0.492. The molecule has 3 aromatic heterocycles. The fourth-order valence-electron chi connectivity index (χ4n) is 4.04. The van der Waals surface area contributed by atoms with Crippen LogP contribution in [-0.4, -0.2) is 68.8 Å². The molecule has 1 aliphatic heterocycles. The molecule has 0 unspecified atom stereocenters. The minimum Gasteiger partial charge on any atom is -0.496 e. The molecule has 0 saturated carbocycles. The van der Waals surface area contributed by atoms with Crippen LogP contribution < -0.4 is 9.64 Å². The molecular formula is C23H23N7O2. The Morgan fingerprint density at radius 1 is 1.00 bits per heavy atom. The number of hydrogen-bond acceptors (Lipinski definition) is 7. The number of aryl methyl sites for hydroxylation is 1. The zero-order valence-electron chi connectivity index (χ0n) is 18.0. The van der Waals surface area contributed by atoms with E-state index < -0.39 is 0 Å². The second-order valence-electron chi connectivity index (χ2n) is 7.59. The van der Waals surface area contributed by atoms with Gasteiger partial charge in [-0.3, -0.25) is 9.48 Å². The number of carbonyl (C=O) groups is 1. The first-order chi connectivity index (χ1) is 15.7. The Labute approximate surface area is 185 Å². The van der Waals surface area contributed by atoms with Crippen molar-refractivity contribution in [3.63, 3.8) is 0 Å². The number of benzene rings is 1. The number of amides is 1. The lowest BCUT2D eigenvalue weighted by molar-refractivity contribution is 0.0740. The number of methoxy groups -OCH3 is 1. The van der Waals surface area contributed by atoms with Crippen molar-refractivity contribution in [1.82, 2.24) is 29.6 Å². The van der Waals surface area contributed by atoms with E-state index in [1.165, 1.54) is 0 Å². The third kappa shape index (κ3) is 3.51. The van der Waals surface area contributed by atoms with E-state index in [-0.39, 0.29) is 5.91 Å². The molecule has 0 radical (unpaired) electrons. The second kappa shape index (κ2) is 8.26. The topological polar surface area (TPSA) is 89.3 Å². The van der Waals surface area contributed by atoms with Crippen LogP contribution in [0, 0.1) is 0 Å². The maximum Gasteiger partial charge on any atom is 0.272 e. The van der Waals surface area contributed by atoms with E-state index in [0.717, 1.165) is 22.3 Å². The fraction of sp³-hybridized carbons (Fsp3) is 0.261. The number of anilines is 1. The summed E-state index contributed by atoms with van der Waals surface area (Å²) in [5.74, 6) is 1.32. The molecule has 1 fully saturated rings. The molecule has 1 aromatic carbocycles. The SMILES string of the molecule is COc1ccccc1-c1cc(C(=O)N2CCN(c3ncccn3)CC2)nc2c1cnn2C. The van der Waals surface area contributed by atoms with Crippen LogP contribution in [0.3, 0.4) is 0 Å². The van der Waals surface area contributed by atoms with Gasteiger partial charge in [0.05, 0.1) is 13.3 Å². The number of carbonyl (C=O) groups excluding carboxylic acids is 1. The molecule has 32 heavy (non-hydrogen) atoms. The predicted molar refractivity (Wildman–Crippen MR) is 121 cm³/mol.